The van der Waals surface area contributed by atoms with Crippen LogP contribution in [0.2, 0.25) is 0 Å². The van der Waals surface area contributed by atoms with Crippen molar-refractivity contribution in [2.75, 3.05) is 6.61 Å². The standard InChI is InChI=1S/C26H25BrN2O3/c1-4-16(3)17-9-10-23-22(13-17)29-26(32-23)18-7-6-8-21(12-18)28-15-19-11-20(27)14-24(25(19)30)31-5-2/h6-16,30H,4-5H2,1-3H3/t16-/m1/s1. The Balaban J connectivity index is 1.63. The van der Waals surface area contributed by atoms with Crippen LogP contribution in [-0.4, -0.2) is 22.9 Å². The highest BCUT2D eigenvalue weighted by Gasteiger charge is 2.12. The van der Waals surface area contributed by atoms with E-state index in [1.165, 1.54) is 5.56 Å². The van der Waals surface area contributed by atoms with Crippen molar-refractivity contribution in [2.24, 2.45) is 4.99 Å². The Morgan fingerprint density at radius 1 is 1.16 bits per heavy atom. The lowest BCUT2D eigenvalue weighted by molar-refractivity contribution is 0.317. The molecule has 0 saturated carbocycles. The van der Waals surface area contributed by atoms with Crippen LogP contribution in [0.1, 0.15) is 44.2 Å². The number of benzene rings is 3. The first-order valence-corrected chi connectivity index (χ1v) is 11.5. The van der Waals surface area contributed by atoms with Crippen molar-refractivity contribution >= 4 is 38.9 Å². The summed E-state index contributed by atoms with van der Waals surface area (Å²) in [6.45, 7) is 6.73. The Morgan fingerprint density at radius 3 is 2.78 bits per heavy atom. The number of rotatable bonds is 7. The van der Waals surface area contributed by atoms with E-state index in [1.807, 2.05) is 37.3 Å². The minimum atomic E-state index is 0.0611. The lowest BCUT2D eigenvalue weighted by Gasteiger charge is -2.08. The minimum Gasteiger partial charge on any atom is -0.504 e. The number of aliphatic imine (C=N–C) groups is 1. The summed E-state index contributed by atoms with van der Waals surface area (Å²) in [7, 11) is 0. The van der Waals surface area contributed by atoms with Crippen LogP contribution >= 0.6 is 15.9 Å². The summed E-state index contributed by atoms with van der Waals surface area (Å²) in [6, 6.07) is 17.4. The maximum absolute atomic E-state index is 10.5. The zero-order chi connectivity index (χ0) is 22.7. The number of halogens is 1. The molecule has 0 unspecified atom stereocenters. The molecule has 0 saturated heterocycles. The van der Waals surface area contributed by atoms with Gasteiger partial charge in [0.2, 0.25) is 5.89 Å². The minimum absolute atomic E-state index is 0.0611. The Morgan fingerprint density at radius 2 is 2.00 bits per heavy atom. The molecule has 1 atom stereocenters. The number of hydrogen-bond donors (Lipinski definition) is 1. The van der Waals surface area contributed by atoms with Gasteiger partial charge >= 0.3 is 0 Å². The summed E-state index contributed by atoms with van der Waals surface area (Å²) in [4.78, 5) is 9.23. The highest BCUT2D eigenvalue weighted by Crippen LogP contribution is 2.34. The van der Waals surface area contributed by atoms with Gasteiger partial charge in [0.1, 0.15) is 5.52 Å². The van der Waals surface area contributed by atoms with E-state index in [0.717, 1.165) is 33.2 Å². The fraction of sp³-hybridized carbons (Fsp3) is 0.231. The molecular formula is C26H25BrN2O3. The van der Waals surface area contributed by atoms with E-state index in [2.05, 4.69) is 46.9 Å². The molecule has 1 aromatic heterocycles. The maximum atomic E-state index is 10.5. The van der Waals surface area contributed by atoms with Crippen LogP contribution < -0.4 is 4.74 Å². The zero-order valence-electron chi connectivity index (χ0n) is 18.3. The fourth-order valence-corrected chi connectivity index (χ4v) is 3.89. The molecule has 1 heterocycles. The first kappa shape index (κ1) is 22.1. The van der Waals surface area contributed by atoms with Gasteiger partial charge < -0.3 is 14.3 Å². The molecule has 0 fully saturated rings. The van der Waals surface area contributed by atoms with Gasteiger partial charge in [-0.15, -0.1) is 0 Å². The van der Waals surface area contributed by atoms with Crippen LogP contribution in [0, 0.1) is 0 Å². The molecule has 0 amide bonds. The summed E-state index contributed by atoms with van der Waals surface area (Å²) < 4.78 is 12.3. The molecule has 0 aliphatic rings. The van der Waals surface area contributed by atoms with E-state index in [9.17, 15) is 5.11 Å². The van der Waals surface area contributed by atoms with E-state index >= 15 is 0 Å². The van der Waals surface area contributed by atoms with Gasteiger partial charge in [0, 0.05) is 21.8 Å². The third-order valence-electron chi connectivity index (χ3n) is 5.41. The van der Waals surface area contributed by atoms with Crippen molar-refractivity contribution in [3.63, 3.8) is 0 Å². The number of phenolic OH excluding ortho intramolecular Hbond substituents is 1. The molecule has 0 aliphatic heterocycles. The molecule has 0 radical (unpaired) electrons. The number of aromatic hydroxyl groups is 1. The van der Waals surface area contributed by atoms with E-state index < -0.39 is 0 Å². The van der Waals surface area contributed by atoms with Gasteiger partial charge in [-0.1, -0.05) is 41.9 Å². The molecule has 0 spiro atoms. The monoisotopic (exact) mass is 492 g/mol. The van der Waals surface area contributed by atoms with E-state index in [1.54, 1.807) is 18.3 Å². The van der Waals surface area contributed by atoms with Crippen molar-refractivity contribution in [2.45, 2.75) is 33.1 Å². The van der Waals surface area contributed by atoms with Crippen molar-refractivity contribution in [3.8, 4) is 23.0 Å². The number of nitrogens with zero attached hydrogens (tertiary/aromatic N) is 2. The summed E-state index contributed by atoms with van der Waals surface area (Å²) in [5.74, 6) is 1.52. The van der Waals surface area contributed by atoms with Crippen LogP contribution in [0.4, 0.5) is 5.69 Å². The van der Waals surface area contributed by atoms with Crippen LogP contribution in [0.15, 0.2) is 68.5 Å². The summed E-state index contributed by atoms with van der Waals surface area (Å²) in [5, 5.41) is 10.5. The molecule has 1 N–H and O–H groups in total. The zero-order valence-corrected chi connectivity index (χ0v) is 19.9. The highest BCUT2D eigenvalue weighted by atomic mass is 79.9. The maximum Gasteiger partial charge on any atom is 0.227 e. The van der Waals surface area contributed by atoms with E-state index in [-0.39, 0.29) is 5.75 Å². The van der Waals surface area contributed by atoms with Crippen LogP contribution in [0.3, 0.4) is 0 Å². The van der Waals surface area contributed by atoms with Crippen molar-refractivity contribution in [3.05, 3.63) is 70.2 Å². The third-order valence-corrected chi connectivity index (χ3v) is 5.87. The van der Waals surface area contributed by atoms with Crippen LogP contribution in [0.5, 0.6) is 11.5 Å². The van der Waals surface area contributed by atoms with Gasteiger partial charge in [0.25, 0.3) is 0 Å². The van der Waals surface area contributed by atoms with Gasteiger partial charge in [-0.3, -0.25) is 4.99 Å². The molecule has 0 bridgehead atoms. The molecule has 4 rings (SSSR count). The fourth-order valence-electron chi connectivity index (χ4n) is 3.43. The SMILES string of the molecule is CCOc1cc(Br)cc(C=Nc2cccc(-c3nc4cc([C@H](C)CC)ccc4o3)c2)c1O. The van der Waals surface area contributed by atoms with Crippen LogP contribution in [-0.2, 0) is 0 Å². The van der Waals surface area contributed by atoms with Crippen molar-refractivity contribution < 1.29 is 14.3 Å². The lowest BCUT2D eigenvalue weighted by atomic mass is 9.98. The van der Waals surface area contributed by atoms with Crippen LogP contribution in [0.25, 0.3) is 22.6 Å². The number of fused-ring (bicyclic) bond motifs is 1. The lowest BCUT2D eigenvalue weighted by Crippen LogP contribution is -1.94. The second-order valence-corrected chi connectivity index (χ2v) is 8.55. The Hall–Kier alpha value is -3.12. The van der Waals surface area contributed by atoms with Gasteiger partial charge in [-0.2, -0.15) is 0 Å². The van der Waals surface area contributed by atoms with E-state index in [0.29, 0.717) is 29.7 Å². The van der Waals surface area contributed by atoms with Crippen molar-refractivity contribution in [1.82, 2.24) is 4.98 Å². The first-order valence-electron chi connectivity index (χ1n) is 10.7. The third kappa shape index (κ3) is 4.70. The molecular weight excluding hydrogens is 468 g/mol. The Labute approximate surface area is 195 Å². The van der Waals surface area contributed by atoms with Gasteiger partial charge in [0.15, 0.2) is 17.1 Å². The molecule has 3 aromatic carbocycles. The molecule has 164 valence electrons. The smallest absolute Gasteiger partial charge is 0.227 e. The molecule has 32 heavy (non-hydrogen) atoms. The quantitative estimate of drug-likeness (QED) is 0.269. The Bertz CT molecular complexity index is 1280. The van der Waals surface area contributed by atoms with Crippen molar-refractivity contribution in [1.29, 1.82) is 0 Å². The average Bonchev–Trinajstić information content (AvgIpc) is 3.23. The number of ether oxygens (including phenoxy) is 1. The summed E-state index contributed by atoms with van der Waals surface area (Å²) in [6.07, 6.45) is 2.70. The molecule has 6 heteroatoms. The second kappa shape index (κ2) is 9.57. The number of phenols is 1. The topological polar surface area (TPSA) is 67.9 Å². The molecule has 0 aliphatic carbocycles. The largest absolute Gasteiger partial charge is 0.504 e. The number of oxazole rings is 1. The first-order chi connectivity index (χ1) is 15.5. The number of aromatic nitrogens is 1. The van der Waals surface area contributed by atoms with Gasteiger partial charge in [-0.05, 0) is 67.3 Å². The van der Waals surface area contributed by atoms with E-state index in [4.69, 9.17) is 14.1 Å². The molecule has 5 nitrogen and oxygen atoms in total. The summed E-state index contributed by atoms with van der Waals surface area (Å²) in [5.41, 5.74) is 5.01. The normalized spacial score (nSPS) is 12.5. The van der Waals surface area contributed by atoms with Gasteiger partial charge in [0.05, 0.1) is 12.3 Å². The molecule has 4 aromatic rings. The Kier molecular flexibility index (Phi) is 6.61. The average molecular weight is 493 g/mol. The second-order valence-electron chi connectivity index (χ2n) is 7.64. The van der Waals surface area contributed by atoms with Gasteiger partial charge in [-0.25, -0.2) is 4.98 Å². The predicted molar refractivity (Wildman–Crippen MR) is 132 cm³/mol. The number of hydrogen-bond acceptors (Lipinski definition) is 5. The highest BCUT2D eigenvalue weighted by molar-refractivity contribution is 9.10. The predicted octanol–water partition coefficient (Wildman–Crippen LogP) is 7.63. The summed E-state index contributed by atoms with van der Waals surface area (Å²) >= 11 is 3.45.